The van der Waals surface area contributed by atoms with E-state index in [9.17, 15) is 4.79 Å². The van der Waals surface area contributed by atoms with E-state index in [0.717, 1.165) is 17.7 Å². The van der Waals surface area contributed by atoms with Crippen LogP contribution in [0.25, 0.3) is 0 Å². The van der Waals surface area contributed by atoms with Gasteiger partial charge in [0.1, 0.15) is 5.76 Å². The van der Waals surface area contributed by atoms with Crippen molar-refractivity contribution in [2.45, 2.75) is 26.3 Å². The lowest BCUT2D eigenvalue weighted by molar-refractivity contribution is -0.130. The zero-order valence-electron chi connectivity index (χ0n) is 9.12. The van der Waals surface area contributed by atoms with Gasteiger partial charge in [0, 0.05) is 31.5 Å². The van der Waals surface area contributed by atoms with Crippen LogP contribution in [0.15, 0.2) is 16.7 Å². The van der Waals surface area contributed by atoms with Gasteiger partial charge in [-0.25, -0.2) is 0 Å². The molecule has 0 N–H and O–H groups in total. The number of hydrogen-bond acceptors (Lipinski definition) is 2. The molecule has 15 heavy (non-hydrogen) atoms. The summed E-state index contributed by atoms with van der Waals surface area (Å²) < 4.78 is 5.17. The maximum absolute atomic E-state index is 11.6. The van der Waals surface area contributed by atoms with Crippen molar-refractivity contribution in [2.24, 2.45) is 0 Å². The molecule has 0 bridgehead atoms. The highest BCUT2D eigenvalue weighted by atomic mass is 35.5. The summed E-state index contributed by atoms with van der Waals surface area (Å²) >= 11 is 5.53. The normalized spacial score (nSPS) is 10.3. The predicted octanol–water partition coefficient (Wildman–Crippen LogP) is 2.57. The Balaban J connectivity index is 2.45. The molecule has 0 saturated heterocycles. The second-order valence-corrected chi connectivity index (χ2v) is 3.92. The zero-order valence-corrected chi connectivity index (χ0v) is 9.88. The summed E-state index contributed by atoms with van der Waals surface area (Å²) in [6.45, 7) is 2.50. The van der Waals surface area contributed by atoms with E-state index in [0.29, 0.717) is 18.8 Å². The van der Waals surface area contributed by atoms with E-state index in [-0.39, 0.29) is 5.91 Å². The lowest BCUT2D eigenvalue weighted by Crippen LogP contribution is -2.26. The highest BCUT2D eigenvalue weighted by Crippen LogP contribution is 2.11. The number of rotatable bonds is 5. The van der Waals surface area contributed by atoms with Crippen LogP contribution in [0.2, 0.25) is 0 Å². The number of alkyl halides is 1. The average molecular weight is 230 g/mol. The van der Waals surface area contributed by atoms with Gasteiger partial charge in [-0.1, -0.05) is 0 Å². The maximum atomic E-state index is 11.6. The minimum Gasteiger partial charge on any atom is -0.469 e. The number of halogens is 1. The molecule has 1 rings (SSSR count). The van der Waals surface area contributed by atoms with E-state index in [1.807, 2.05) is 13.0 Å². The van der Waals surface area contributed by atoms with E-state index in [2.05, 4.69) is 0 Å². The Labute approximate surface area is 95.0 Å². The molecular weight excluding hydrogens is 214 g/mol. The molecule has 1 aromatic rings. The summed E-state index contributed by atoms with van der Waals surface area (Å²) in [5, 5.41) is 0. The first-order valence-electron chi connectivity index (χ1n) is 4.98. The van der Waals surface area contributed by atoms with Gasteiger partial charge >= 0.3 is 0 Å². The van der Waals surface area contributed by atoms with Crippen molar-refractivity contribution in [3.8, 4) is 0 Å². The second-order valence-electron chi connectivity index (χ2n) is 3.54. The third kappa shape index (κ3) is 3.59. The molecule has 0 spiro atoms. The highest BCUT2D eigenvalue weighted by Gasteiger charge is 2.10. The van der Waals surface area contributed by atoms with Gasteiger partial charge in [-0.15, -0.1) is 11.6 Å². The van der Waals surface area contributed by atoms with E-state index in [1.54, 1.807) is 18.2 Å². The van der Waals surface area contributed by atoms with Crippen LogP contribution in [0.3, 0.4) is 0 Å². The van der Waals surface area contributed by atoms with Crippen LogP contribution in [0.5, 0.6) is 0 Å². The van der Waals surface area contributed by atoms with E-state index >= 15 is 0 Å². The van der Waals surface area contributed by atoms with E-state index in [1.165, 1.54) is 0 Å². The van der Waals surface area contributed by atoms with Gasteiger partial charge in [0.2, 0.25) is 5.91 Å². The van der Waals surface area contributed by atoms with Crippen LogP contribution in [0, 0.1) is 6.92 Å². The standard InChI is InChI=1S/C11H16ClNO2/c1-9-10(5-7-15-9)8-13(2)11(14)4-3-6-12/h5,7H,3-4,6,8H2,1-2H3. The first kappa shape index (κ1) is 12.1. The molecule has 1 heterocycles. The molecule has 1 aromatic heterocycles. The van der Waals surface area contributed by atoms with Crippen LogP contribution in [0.4, 0.5) is 0 Å². The number of carbonyl (C=O) groups is 1. The van der Waals surface area contributed by atoms with Crippen molar-refractivity contribution in [1.82, 2.24) is 4.90 Å². The van der Waals surface area contributed by atoms with Gasteiger partial charge in [0.05, 0.1) is 6.26 Å². The molecule has 0 aliphatic rings. The molecule has 0 fully saturated rings. The SMILES string of the molecule is Cc1occc1CN(C)C(=O)CCCCl. The third-order valence-corrected chi connectivity index (χ3v) is 2.59. The fraction of sp³-hybridized carbons (Fsp3) is 0.545. The van der Waals surface area contributed by atoms with Gasteiger partial charge in [0.15, 0.2) is 0 Å². The lowest BCUT2D eigenvalue weighted by atomic mass is 10.2. The van der Waals surface area contributed by atoms with Crippen molar-refractivity contribution in [3.63, 3.8) is 0 Å². The van der Waals surface area contributed by atoms with Crippen LogP contribution < -0.4 is 0 Å². The summed E-state index contributed by atoms with van der Waals surface area (Å²) in [6, 6.07) is 1.89. The Morgan fingerprint density at radius 3 is 2.87 bits per heavy atom. The van der Waals surface area contributed by atoms with Crippen LogP contribution >= 0.6 is 11.6 Å². The molecule has 84 valence electrons. The molecule has 4 heteroatoms. The molecule has 3 nitrogen and oxygen atoms in total. The molecule has 0 aromatic carbocycles. The Kier molecular flexibility index (Phi) is 4.69. The molecule has 0 aliphatic carbocycles. The topological polar surface area (TPSA) is 33.5 Å². The zero-order chi connectivity index (χ0) is 11.3. The fourth-order valence-corrected chi connectivity index (χ4v) is 1.46. The van der Waals surface area contributed by atoms with Crippen molar-refractivity contribution in [1.29, 1.82) is 0 Å². The summed E-state index contributed by atoms with van der Waals surface area (Å²) in [5.74, 6) is 1.52. The fourth-order valence-electron chi connectivity index (χ4n) is 1.33. The Hall–Kier alpha value is -0.960. The molecule has 0 atom stereocenters. The van der Waals surface area contributed by atoms with E-state index in [4.69, 9.17) is 16.0 Å². The smallest absolute Gasteiger partial charge is 0.222 e. The molecule has 0 aliphatic heterocycles. The Morgan fingerprint density at radius 1 is 1.60 bits per heavy atom. The first-order valence-corrected chi connectivity index (χ1v) is 5.51. The van der Waals surface area contributed by atoms with Crippen molar-refractivity contribution >= 4 is 17.5 Å². The van der Waals surface area contributed by atoms with Crippen molar-refractivity contribution in [2.75, 3.05) is 12.9 Å². The Bertz CT molecular complexity index is 322. The summed E-state index contributed by atoms with van der Waals surface area (Å²) in [7, 11) is 1.79. The molecule has 1 amide bonds. The average Bonchev–Trinajstić information content (AvgIpc) is 2.61. The number of carbonyl (C=O) groups excluding carboxylic acids is 1. The Morgan fingerprint density at radius 2 is 2.33 bits per heavy atom. The largest absolute Gasteiger partial charge is 0.469 e. The maximum Gasteiger partial charge on any atom is 0.222 e. The number of aryl methyl sites for hydroxylation is 1. The van der Waals surface area contributed by atoms with Gasteiger partial charge in [-0.2, -0.15) is 0 Å². The van der Waals surface area contributed by atoms with Crippen LogP contribution in [-0.4, -0.2) is 23.7 Å². The van der Waals surface area contributed by atoms with Crippen LogP contribution in [0.1, 0.15) is 24.2 Å². The number of amides is 1. The number of furan rings is 1. The summed E-state index contributed by atoms with van der Waals surface area (Å²) in [5.41, 5.74) is 1.05. The molecule has 0 saturated carbocycles. The molecule has 0 unspecified atom stereocenters. The minimum absolute atomic E-state index is 0.122. The van der Waals surface area contributed by atoms with Crippen LogP contribution in [-0.2, 0) is 11.3 Å². The van der Waals surface area contributed by atoms with Crippen molar-refractivity contribution in [3.05, 3.63) is 23.7 Å². The lowest BCUT2D eigenvalue weighted by Gasteiger charge is -2.16. The van der Waals surface area contributed by atoms with E-state index < -0.39 is 0 Å². The second kappa shape index (κ2) is 5.81. The highest BCUT2D eigenvalue weighted by molar-refractivity contribution is 6.17. The van der Waals surface area contributed by atoms with Gasteiger partial charge in [0.25, 0.3) is 0 Å². The van der Waals surface area contributed by atoms with Crippen molar-refractivity contribution < 1.29 is 9.21 Å². The summed E-state index contributed by atoms with van der Waals surface area (Å²) in [6.07, 6.45) is 2.88. The minimum atomic E-state index is 0.122. The van der Waals surface area contributed by atoms with Gasteiger partial charge in [-0.05, 0) is 19.4 Å². The molecular formula is C11H16ClNO2. The molecule has 0 radical (unpaired) electrons. The number of hydrogen-bond donors (Lipinski definition) is 0. The van der Waals surface area contributed by atoms with Gasteiger partial charge in [-0.3, -0.25) is 4.79 Å². The predicted molar refractivity (Wildman–Crippen MR) is 59.9 cm³/mol. The third-order valence-electron chi connectivity index (χ3n) is 2.32. The first-order chi connectivity index (χ1) is 7.15. The summed E-state index contributed by atoms with van der Waals surface area (Å²) in [4.78, 5) is 13.3. The monoisotopic (exact) mass is 229 g/mol. The van der Waals surface area contributed by atoms with Gasteiger partial charge < -0.3 is 9.32 Å². The number of nitrogens with zero attached hydrogens (tertiary/aromatic N) is 1. The quantitative estimate of drug-likeness (QED) is 0.728.